The number of carbonyl (C=O) groups is 3. The lowest BCUT2D eigenvalue weighted by Crippen LogP contribution is -2.49. The number of para-hydroxylation sites is 1. The van der Waals surface area contributed by atoms with Crippen molar-refractivity contribution in [3.05, 3.63) is 65.2 Å². The maximum absolute atomic E-state index is 13.3. The summed E-state index contributed by atoms with van der Waals surface area (Å²) in [6, 6.07) is 14.9. The van der Waals surface area contributed by atoms with Gasteiger partial charge in [-0.05, 0) is 31.0 Å². The lowest BCUT2D eigenvalue weighted by atomic mass is 9.95. The van der Waals surface area contributed by atoms with E-state index in [0.717, 1.165) is 31.2 Å². The summed E-state index contributed by atoms with van der Waals surface area (Å²) in [5, 5.41) is 3.12. The predicted octanol–water partition coefficient (Wildman–Crippen LogP) is 3.64. The van der Waals surface area contributed by atoms with Gasteiger partial charge in [-0.2, -0.15) is 0 Å². The Morgan fingerprint density at radius 2 is 1.60 bits per heavy atom. The predicted molar refractivity (Wildman–Crippen MR) is 113 cm³/mol. The first-order chi connectivity index (χ1) is 14.6. The number of nitrogens with zero attached hydrogens (tertiary/aromatic N) is 2. The SMILES string of the molecule is O=C(CCN1C(=O)c2ccccc2N2C(=O)c3ccccc3[C@@H]12)NC1CCCCC1. The highest BCUT2D eigenvalue weighted by Gasteiger charge is 2.47. The van der Waals surface area contributed by atoms with E-state index in [4.69, 9.17) is 0 Å². The Balaban J connectivity index is 1.42. The van der Waals surface area contributed by atoms with Crippen LogP contribution in [0.5, 0.6) is 0 Å². The molecule has 1 atom stereocenters. The van der Waals surface area contributed by atoms with Gasteiger partial charge in [-0.1, -0.05) is 49.6 Å². The summed E-state index contributed by atoms with van der Waals surface area (Å²) in [6.07, 6.45) is 5.33. The van der Waals surface area contributed by atoms with Crippen LogP contribution in [0.25, 0.3) is 0 Å². The molecule has 2 heterocycles. The summed E-state index contributed by atoms with van der Waals surface area (Å²) >= 11 is 0. The first kappa shape index (κ1) is 18.9. The molecule has 154 valence electrons. The molecule has 3 amide bonds. The molecule has 3 aliphatic rings. The number of hydrogen-bond donors (Lipinski definition) is 1. The monoisotopic (exact) mass is 403 g/mol. The lowest BCUT2D eigenvalue weighted by molar-refractivity contribution is -0.122. The number of amides is 3. The number of rotatable bonds is 4. The molecule has 1 N–H and O–H groups in total. The highest BCUT2D eigenvalue weighted by molar-refractivity contribution is 6.16. The smallest absolute Gasteiger partial charge is 0.260 e. The number of anilines is 1. The van der Waals surface area contributed by atoms with Gasteiger partial charge in [0.2, 0.25) is 5.91 Å². The molecule has 1 fully saturated rings. The Kier molecular flexibility index (Phi) is 4.77. The van der Waals surface area contributed by atoms with Crippen molar-refractivity contribution in [2.45, 2.75) is 50.7 Å². The van der Waals surface area contributed by atoms with Crippen LogP contribution in [0, 0.1) is 0 Å². The van der Waals surface area contributed by atoms with Crippen molar-refractivity contribution in [2.75, 3.05) is 11.4 Å². The van der Waals surface area contributed by atoms with Crippen molar-refractivity contribution < 1.29 is 14.4 Å². The number of carbonyl (C=O) groups excluding carboxylic acids is 3. The minimum Gasteiger partial charge on any atom is -0.353 e. The van der Waals surface area contributed by atoms with Crippen LogP contribution in [-0.4, -0.2) is 35.2 Å². The number of benzene rings is 2. The third-order valence-corrected chi connectivity index (χ3v) is 6.43. The van der Waals surface area contributed by atoms with Gasteiger partial charge in [-0.3, -0.25) is 19.3 Å². The normalized spacial score (nSPS) is 20.6. The zero-order chi connectivity index (χ0) is 20.7. The lowest BCUT2D eigenvalue weighted by Gasteiger charge is -2.41. The molecule has 1 aliphatic carbocycles. The standard InChI is InChI=1S/C24H25N3O3/c28-21(25-16-8-2-1-3-9-16)14-15-26-22-17-10-4-5-11-18(17)24(30)27(22)20-13-7-6-12-19(20)23(26)29/h4-7,10-13,16,22H,1-3,8-9,14-15H2,(H,25,28)/t22-/m0/s1. The molecular formula is C24H25N3O3. The van der Waals surface area contributed by atoms with Gasteiger partial charge in [0.05, 0.1) is 11.3 Å². The zero-order valence-corrected chi connectivity index (χ0v) is 16.8. The average molecular weight is 403 g/mol. The van der Waals surface area contributed by atoms with Crippen LogP contribution in [0.3, 0.4) is 0 Å². The second kappa shape index (κ2) is 7.59. The molecule has 2 aromatic carbocycles. The first-order valence-electron chi connectivity index (χ1n) is 10.8. The van der Waals surface area contributed by atoms with Crippen LogP contribution in [-0.2, 0) is 4.79 Å². The van der Waals surface area contributed by atoms with E-state index in [-0.39, 0.29) is 36.7 Å². The Morgan fingerprint density at radius 3 is 2.40 bits per heavy atom. The highest BCUT2D eigenvalue weighted by Crippen LogP contribution is 2.45. The molecule has 1 saturated carbocycles. The van der Waals surface area contributed by atoms with Gasteiger partial charge in [0.15, 0.2) is 0 Å². The molecule has 5 rings (SSSR count). The summed E-state index contributed by atoms with van der Waals surface area (Å²) in [5.41, 5.74) is 2.57. The van der Waals surface area contributed by atoms with Gasteiger partial charge in [0.25, 0.3) is 11.8 Å². The van der Waals surface area contributed by atoms with Crippen molar-refractivity contribution in [1.29, 1.82) is 0 Å². The molecule has 6 heteroatoms. The van der Waals surface area contributed by atoms with E-state index in [1.165, 1.54) is 6.42 Å². The summed E-state index contributed by atoms with van der Waals surface area (Å²) < 4.78 is 0. The van der Waals surface area contributed by atoms with Crippen molar-refractivity contribution in [2.24, 2.45) is 0 Å². The molecule has 0 aromatic heterocycles. The molecule has 0 unspecified atom stereocenters. The molecule has 0 bridgehead atoms. The van der Waals surface area contributed by atoms with Gasteiger partial charge in [-0.15, -0.1) is 0 Å². The number of nitrogens with one attached hydrogen (secondary N) is 1. The van der Waals surface area contributed by atoms with Crippen molar-refractivity contribution >= 4 is 23.4 Å². The third-order valence-electron chi connectivity index (χ3n) is 6.43. The van der Waals surface area contributed by atoms with Crippen LogP contribution >= 0.6 is 0 Å². The Labute approximate surface area is 175 Å². The first-order valence-corrected chi connectivity index (χ1v) is 10.8. The molecular weight excluding hydrogens is 378 g/mol. The number of hydrogen-bond acceptors (Lipinski definition) is 3. The van der Waals surface area contributed by atoms with Crippen molar-refractivity contribution in [3.8, 4) is 0 Å². The second-order valence-corrected chi connectivity index (χ2v) is 8.30. The Morgan fingerprint density at radius 1 is 0.900 bits per heavy atom. The van der Waals surface area contributed by atoms with E-state index in [2.05, 4.69) is 5.32 Å². The summed E-state index contributed by atoms with van der Waals surface area (Å²) in [4.78, 5) is 42.4. The topological polar surface area (TPSA) is 69.7 Å². The van der Waals surface area contributed by atoms with Gasteiger partial charge in [0.1, 0.15) is 6.17 Å². The van der Waals surface area contributed by atoms with Gasteiger partial charge >= 0.3 is 0 Å². The van der Waals surface area contributed by atoms with Crippen LogP contribution < -0.4 is 10.2 Å². The van der Waals surface area contributed by atoms with Gasteiger partial charge in [0, 0.05) is 30.1 Å². The maximum Gasteiger partial charge on any atom is 0.260 e. The molecule has 0 spiro atoms. The molecule has 6 nitrogen and oxygen atoms in total. The Hall–Kier alpha value is -3.15. The van der Waals surface area contributed by atoms with Crippen LogP contribution in [0.2, 0.25) is 0 Å². The van der Waals surface area contributed by atoms with E-state index >= 15 is 0 Å². The maximum atomic E-state index is 13.3. The second-order valence-electron chi connectivity index (χ2n) is 8.30. The third kappa shape index (κ3) is 3.07. The van der Waals surface area contributed by atoms with E-state index in [1.807, 2.05) is 30.3 Å². The van der Waals surface area contributed by atoms with Gasteiger partial charge in [-0.25, -0.2) is 0 Å². The minimum atomic E-state index is -0.501. The molecule has 0 saturated heterocycles. The molecule has 30 heavy (non-hydrogen) atoms. The zero-order valence-electron chi connectivity index (χ0n) is 16.8. The Bertz CT molecular complexity index is 1010. The quantitative estimate of drug-likeness (QED) is 0.847. The minimum absolute atomic E-state index is 0.0299. The van der Waals surface area contributed by atoms with E-state index in [9.17, 15) is 14.4 Å². The highest BCUT2D eigenvalue weighted by atomic mass is 16.2. The fourth-order valence-electron chi connectivity index (χ4n) is 4.97. The fourth-order valence-corrected chi connectivity index (χ4v) is 4.97. The molecule has 0 radical (unpaired) electrons. The molecule has 2 aliphatic heterocycles. The fraction of sp³-hybridized carbons (Fsp3) is 0.375. The summed E-state index contributed by atoms with van der Waals surface area (Å²) in [5.74, 6) is -0.272. The number of fused-ring (bicyclic) bond motifs is 5. The van der Waals surface area contributed by atoms with E-state index in [1.54, 1.807) is 28.0 Å². The van der Waals surface area contributed by atoms with Crippen molar-refractivity contribution in [3.63, 3.8) is 0 Å². The summed E-state index contributed by atoms with van der Waals surface area (Å²) in [7, 11) is 0. The van der Waals surface area contributed by atoms with Gasteiger partial charge < -0.3 is 10.2 Å². The molecule has 2 aromatic rings. The van der Waals surface area contributed by atoms with E-state index in [0.29, 0.717) is 16.8 Å². The van der Waals surface area contributed by atoms with Crippen LogP contribution in [0.15, 0.2) is 48.5 Å². The van der Waals surface area contributed by atoms with Crippen molar-refractivity contribution in [1.82, 2.24) is 10.2 Å². The van der Waals surface area contributed by atoms with E-state index < -0.39 is 6.17 Å². The van der Waals surface area contributed by atoms with Crippen LogP contribution in [0.1, 0.15) is 71.0 Å². The largest absolute Gasteiger partial charge is 0.353 e. The average Bonchev–Trinajstić information content (AvgIpc) is 3.07. The summed E-state index contributed by atoms with van der Waals surface area (Å²) in [6.45, 7) is 0.272. The van der Waals surface area contributed by atoms with Crippen LogP contribution in [0.4, 0.5) is 5.69 Å².